The minimum absolute atomic E-state index is 0.167. The van der Waals surface area contributed by atoms with Crippen LogP contribution in [0.2, 0.25) is 0 Å². The van der Waals surface area contributed by atoms with E-state index in [4.69, 9.17) is 4.74 Å². The van der Waals surface area contributed by atoms with Gasteiger partial charge in [-0.2, -0.15) is 0 Å². The molecule has 1 N–H and O–H groups in total. The van der Waals surface area contributed by atoms with Crippen molar-refractivity contribution >= 4 is 5.91 Å². The number of aryl methyl sites for hydroxylation is 1. The van der Waals surface area contributed by atoms with Crippen LogP contribution in [0.5, 0.6) is 5.75 Å². The topological polar surface area (TPSA) is 51.2 Å². The van der Waals surface area contributed by atoms with Gasteiger partial charge in [-0.05, 0) is 42.3 Å². The maximum atomic E-state index is 11.9. The van der Waals surface area contributed by atoms with Crippen molar-refractivity contribution in [2.45, 2.75) is 13.5 Å². The summed E-state index contributed by atoms with van der Waals surface area (Å²) >= 11 is 0. The normalized spacial score (nSPS) is 10.0. The Balaban J connectivity index is 1.96. The molecule has 0 bridgehead atoms. The summed E-state index contributed by atoms with van der Waals surface area (Å²) in [5.74, 6) is 0.634. The van der Waals surface area contributed by atoms with Crippen LogP contribution in [0.4, 0.5) is 0 Å². The van der Waals surface area contributed by atoms with Gasteiger partial charge in [-0.15, -0.1) is 0 Å². The summed E-state index contributed by atoms with van der Waals surface area (Å²) in [6, 6.07) is 11.2. The number of methoxy groups -OCH3 is 1. The van der Waals surface area contributed by atoms with Crippen molar-refractivity contribution in [1.82, 2.24) is 10.3 Å². The largest absolute Gasteiger partial charge is 0.497 e. The second-order valence-electron chi connectivity index (χ2n) is 4.25. The number of amides is 1. The van der Waals surface area contributed by atoms with Crippen molar-refractivity contribution in [3.8, 4) is 5.75 Å². The third-order valence-corrected chi connectivity index (χ3v) is 2.76. The van der Waals surface area contributed by atoms with Gasteiger partial charge in [0.1, 0.15) is 11.4 Å². The molecule has 1 heterocycles. The fraction of sp³-hybridized carbons (Fsp3) is 0.200. The highest BCUT2D eigenvalue weighted by atomic mass is 16.5. The fourth-order valence-corrected chi connectivity index (χ4v) is 1.68. The molecule has 0 unspecified atom stereocenters. The summed E-state index contributed by atoms with van der Waals surface area (Å²) in [5, 5.41) is 2.84. The van der Waals surface area contributed by atoms with E-state index < -0.39 is 0 Å². The molecule has 4 nitrogen and oxygen atoms in total. The first-order chi connectivity index (χ1) is 9.19. The summed E-state index contributed by atoms with van der Waals surface area (Å²) in [6.07, 6.45) is 1.64. The van der Waals surface area contributed by atoms with E-state index in [9.17, 15) is 4.79 Å². The van der Waals surface area contributed by atoms with Gasteiger partial charge in [0.25, 0.3) is 5.91 Å². The van der Waals surface area contributed by atoms with E-state index in [0.717, 1.165) is 16.9 Å². The Morgan fingerprint density at radius 3 is 2.63 bits per heavy atom. The number of nitrogens with one attached hydrogen (secondary N) is 1. The van der Waals surface area contributed by atoms with Crippen LogP contribution < -0.4 is 10.1 Å². The molecule has 1 amide bonds. The summed E-state index contributed by atoms with van der Waals surface area (Å²) < 4.78 is 5.08. The van der Waals surface area contributed by atoms with E-state index in [-0.39, 0.29) is 5.91 Å². The number of nitrogens with zero attached hydrogens (tertiary/aromatic N) is 1. The van der Waals surface area contributed by atoms with Gasteiger partial charge in [-0.3, -0.25) is 9.78 Å². The van der Waals surface area contributed by atoms with Crippen molar-refractivity contribution in [3.63, 3.8) is 0 Å². The molecule has 98 valence electrons. The molecule has 0 fully saturated rings. The molecule has 1 aromatic carbocycles. The Bertz CT molecular complexity index is 565. The van der Waals surface area contributed by atoms with Crippen molar-refractivity contribution in [1.29, 1.82) is 0 Å². The third kappa shape index (κ3) is 3.55. The molecular weight excluding hydrogens is 240 g/mol. The van der Waals surface area contributed by atoms with Crippen LogP contribution in [-0.2, 0) is 6.54 Å². The first kappa shape index (κ1) is 13.1. The summed E-state index contributed by atoms with van der Waals surface area (Å²) in [5.41, 5.74) is 2.47. The standard InChI is InChI=1S/C15H16N2O2/c1-11-7-8-16-14(9-11)15(18)17-10-12-3-5-13(19-2)6-4-12/h3-9H,10H2,1-2H3,(H,17,18). The maximum absolute atomic E-state index is 11.9. The molecule has 0 aliphatic rings. The third-order valence-electron chi connectivity index (χ3n) is 2.76. The number of pyridine rings is 1. The number of carbonyl (C=O) groups is 1. The lowest BCUT2D eigenvalue weighted by Crippen LogP contribution is -2.23. The summed E-state index contributed by atoms with van der Waals surface area (Å²) in [4.78, 5) is 15.9. The number of hydrogen-bond acceptors (Lipinski definition) is 3. The van der Waals surface area contributed by atoms with Gasteiger partial charge in [0.15, 0.2) is 0 Å². The molecular formula is C15H16N2O2. The Morgan fingerprint density at radius 2 is 2.00 bits per heavy atom. The minimum Gasteiger partial charge on any atom is -0.497 e. The van der Waals surface area contributed by atoms with Crippen LogP contribution in [-0.4, -0.2) is 18.0 Å². The monoisotopic (exact) mass is 256 g/mol. The van der Waals surface area contributed by atoms with Crippen LogP contribution in [0.1, 0.15) is 21.6 Å². The molecule has 2 aromatic rings. The molecule has 0 radical (unpaired) electrons. The molecule has 0 aliphatic heterocycles. The van der Waals surface area contributed by atoms with E-state index >= 15 is 0 Å². The Hall–Kier alpha value is -2.36. The van der Waals surface area contributed by atoms with E-state index in [0.29, 0.717) is 12.2 Å². The summed E-state index contributed by atoms with van der Waals surface area (Å²) in [7, 11) is 1.63. The van der Waals surface area contributed by atoms with Gasteiger partial charge in [0.05, 0.1) is 7.11 Å². The Morgan fingerprint density at radius 1 is 1.26 bits per heavy atom. The van der Waals surface area contributed by atoms with Crippen molar-refractivity contribution in [2.24, 2.45) is 0 Å². The minimum atomic E-state index is -0.167. The smallest absolute Gasteiger partial charge is 0.270 e. The number of aromatic nitrogens is 1. The molecule has 1 aromatic heterocycles. The molecule has 4 heteroatoms. The Kier molecular flexibility index (Phi) is 4.13. The quantitative estimate of drug-likeness (QED) is 0.913. The lowest BCUT2D eigenvalue weighted by Gasteiger charge is -2.06. The van der Waals surface area contributed by atoms with Crippen LogP contribution in [0, 0.1) is 6.92 Å². The van der Waals surface area contributed by atoms with E-state index in [1.165, 1.54) is 0 Å². The van der Waals surface area contributed by atoms with E-state index in [2.05, 4.69) is 10.3 Å². The number of rotatable bonds is 4. The first-order valence-corrected chi connectivity index (χ1v) is 6.03. The molecule has 0 atom stereocenters. The predicted octanol–water partition coefficient (Wildman–Crippen LogP) is 2.33. The average Bonchev–Trinajstić information content (AvgIpc) is 2.45. The zero-order chi connectivity index (χ0) is 13.7. The second kappa shape index (κ2) is 6.00. The van der Waals surface area contributed by atoms with Crippen LogP contribution in [0.15, 0.2) is 42.6 Å². The zero-order valence-corrected chi connectivity index (χ0v) is 11.0. The number of hydrogen-bond donors (Lipinski definition) is 1. The lowest BCUT2D eigenvalue weighted by molar-refractivity contribution is 0.0946. The molecule has 0 spiro atoms. The second-order valence-corrected chi connectivity index (χ2v) is 4.25. The number of benzene rings is 1. The molecule has 19 heavy (non-hydrogen) atoms. The average molecular weight is 256 g/mol. The number of carbonyl (C=O) groups excluding carboxylic acids is 1. The van der Waals surface area contributed by atoms with Crippen molar-refractivity contribution < 1.29 is 9.53 Å². The highest BCUT2D eigenvalue weighted by Crippen LogP contribution is 2.11. The number of ether oxygens (including phenoxy) is 1. The fourth-order valence-electron chi connectivity index (χ4n) is 1.68. The Labute approximate surface area is 112 Å². The molecule has 0 saturated heterocycles. The van der Waals surface area contributed by atoms with Gasteiger partial charge >= 0.3 is 0 Å². The predicted molar refractivity (Wildman–Crippen MR) is 73.1 cm³/mol. The van der Waals surface area contributed by atoms with Crippen molar-refractivity contribution in [3.05, 3.63) is 59.4 Å². The van der Waals surface area contributed by atoms with Gasteiger partial charge in [0.2, 0.25) is 0 Å². The van der Waals surface area contributed by atoms with E-state index in [1.54, 1.807) is 19.4 Å². The highest BCUT2D eigenvalue weighted by Gasteiger charge is 2.06. The van der Waals surface area contributed by atoms with Crippen LogP contribution >= 0.6 is 0 Å². The van der Waals surface area contributed by atoms with E-state index in [1.807, 2.05) is 37.3 Å². The zero-order valence-electron chi connectivity index (χ0n) is 11.0. The van der Waals surface area contributed by atoms with Gasteiger partial charge in [-0.1, -0.05) is 12.1 Å². The van der Waals surface area contributed by atoms with Crippen LogP contribution in [0.25, 0.3) is 0 Å². The molecule has 2 rings (SSSR count). The van der Waals surface area contributed by atoms with Crippen LogP contribution in [0.3, 0.4) is 0 Å². The molecule has 0 saturated carbocycles. The summed E-state index contributed by atoms with van der Waals surface area (Å²) in [6.45, 7) is 2.40. The lowest BCUT2D eigenvalue weighted by atomic mass is 10.2. The SMILES string of the molecule is COc1ccc(CNC(=O)c2cc(C)ccn2)cc1. The van der Waals surface area contributed by atoms with Crippen molar-refractivity contribution in [2.75, 3.05) is 7.11 Å². The van der Waals surface area contributed by atoms with Gasteiger partial charge < -0.3 is 10.1 Å². The highest BCUT2D eigenvalue weighted by molar-refractivity contribution is 5.92. The first-order valence-electron chi connectivity index (χ1n) is 6.03. The molecule has 0 aliphatic carbocycles. The van der Waals surface area contributed by atoms with Gasteiger partial charge in [0, 0.05) is 12.7 Å². The maximum Gasteiger partial charge on any atom is 0.270 e. The van der Waals surface area contributed by atoms with Gasteiger partial charge in [-0.25, -0.2) is 0 Å².